The molecule has 0 saturated heterocycles. The highest BCUT2D eigenvalue weighted by Crippen LogP contribution is 2.40. The predicted molar refractivity (Wildman–Crippen MR) is 104 cm³/mol. The maximum Gasteiger partial charge on any atom is 0.125 e. The summed E-state index contributed by atoms with van der Waals surface area (Å²) < 4.78 is 10.9. The molecule has 0 aliphatic carbocycles. The van der Waals surface area contributed by atoms with E-state index >= 15 is 0 Å². The van der Waals surface area contributed by atoms with Crippen LogP contribution in [0, 0.1) is 0 Å². The molecular formula is C22H23NO4. The Labute approximate surface area is 158 Å². The number of phenols is 1. The minimum Gasteiger partial charge on any atom is -0.508 e. The maximum absolute atomic E-state index is 10.8. The lowest BCUT2D eigenvalue weighted by Crippen LogP contribution is -2.33. The molecule has 1 heterocycles. The van der Waals surface area contributed by atoms with Gasteiger partial charge in [-0.1, -0.05) is 30.3 Å². The Morgan fingerprint density at radius 2 is 1.74 bits per heavy atom. The quantitative estimate of drug-likeness (QED) is 0.740. The van der Waals surface area contributed by atoms with E-state index in [4.69, 9.17) is 9.47 Å². The van der Waals surface area contributed by atoms with E-state index < -0.39 is 6.10 Å². The van der Waals surface area contributed by atoms with E-state index in [-0.39, 0.29) is 5.75 Å². The summed E-state index contributed by atoms with van der Waals surface area (Å²) >= 11 is 0. The second-order valence-corrected chi connectivity index (χ2v) is 6.83. The summed E-state index contributed by atoms with van der Waals surface area (Å²) in [6.45, 7) is 1.60. The lowest BCUT2D eigenvalue weighted by Gasteiger charge is -2.34. The molecule has 4 rings (SSSR count). The predicted octanol–water partition coefficient (Wildman–Crippen LogP) is 3.61. The number of aliphatic hydroxyl groups excluding tert-OH is 1. The Morgan fingerprint density at radius 3 is 2.52 bits per heavy atom. The van der Waals surface area contributed by atoms with Gasteiger partial charge in [-0.15, -0.1) is 0 Å². The molecule has 0 spiro atoms. The Hall–Kier alpha value is -2.76. The molecule has 0 saturated carbocycles. The third-order valence-corrected chi connectivity index (χ3v) is 5.26. The first kappa shape index (κ1) is 17.6. The van der Waals surface area contributed by atoms with Crippen LogP contribution in [0.5, 0.6) is 17.2 Å². The van der Waals surface area contributed by atoms with Crippen LogP contribution in [-0.2, 0) is 13.1 Å². The van der Waals surface area contributed by atoms with Crippen molar-refractivity contribution in [3.05, 3.63) is 65.2 Å². The highest BCUT2D eigenvalue weighted by Gasteiger charge is 2.30. The highest BCUT2D eigenvalue weighted by atomic mass is 16.5. The number of fused-ring (bicyclic) bond motifs is 2. The zero-order valence-electron chi connectivity index (χ0n) is 15.5. The van der Waals surface area contributed by atoms with E-state index in [1.54, 1.807) is 20.3 Å². The molecule has 2 N–H and O–H groups in total. The summed E-state index contributed by atoms with van der Waals surface area (Å²) in [5, 5.41) is 23.3. The molecular weight excluding hydrogens is 342 g/mol. The monoisotopic (exact) mass is 365 g/mol. The van der Waals surface area contributed by atoms with Gasteiger partial charge in [-0.25, -0.2) is 0 Å². The second-order valence-electron chi connectivity index (χ2n) is 6.83. The average Bonchev–Trinajstić information content (AvgIpc) is 2.69. The Balaban J connectivity index is 1.72. The van der Waals surface area contributed by atoms with E-state index in [0.717, 1.165) is 33.2 Å². The molecule has 0 radical (unpaired) electrons. The molecule has 3 aromatic rings. The van der Waals surface area contributed by atoms with Crippen LogP contribution in [-0.4, -0.2) is 35.9 Å². The molecule has 1 aliphatic heterocycles. The van der Waals surface area contributed by atoms with Gasteiger partial charge in [0.2, 0.25) is 0 Å². The molecule has 0 aromatic heterocycles. The van der Waals surface area contributed by atoms with E-state index in [0.29, 0.717) is 25.4 Å². The fourth-order valence-corrected chi connectivity index (χ4v) is 3.98. The Kier molecular flexibility index (Phi) is 4.64. The molecule has 140 valence electrons. The second kappa shape index (κ2) is 7.10. The van der Waals surface area contributed by atoms with Crippen LogP contribution < -0.4 is 9.47 Å². The summed E-state index contributed by atoms with van der Waals surface area (Å²) in [5.74, 6) is 1.68. The lowest BCUT2D eigenvalue weighted by atomic mass is 9.94. The largest absolute Gasteiger partial charge is 0.508 e. The zero-order chi connectivity index (χ0) is 19.0. The van der Waals surface area contributed by atoms with E-state index in [9.17, 15) is 10.2 Å². The van der Waals surface area contributed by atoms with Crippen LogP contribution >= 0.6 is 0 Å². The van der Waals surface area contributed by atoms with Gasteiger partial charge in [0.25, 0.3) is 0 Å². The molecule has 1 unspecified atom stereocenters. The molecule has 3 aromatic carbocycles. The number of β-amino-alcohol motifs (C(OH)–C–C–N with tert-alkyl or cyclic N) is 1. The molecule has 27 heavy (non-hydrogen) atoms. The number of hydrogen-bond acceptors (Lipinski definition) is 5. The van der Waals surface area contributed by atoms with Crippen LogP contribution in [0.4, 0.5) is 0 Å². The van der Waals surface area contributed by atoms with Gasteiger partial charge >= 0.3 is 0 Å². The van der Waals surface area contributed by atoms with Crippen molar-refractivity contribution in [1.29, 1.82) is 0 Å². The Morgan fingerprint density at radius 1 is 1.00 bits per heavy atom. The smallest absolute Gasteiger partial charge is 0.125 e. The maximum atomic E-state index is 10.8. The molecule has 1 aliphatic rings. The zero-order valence-corrected chi connectivity index (χ0v) is 15.5. The van der Waals surface area contributed by atoms with Crippen LogP contribution in [0.2, 0.25) is 0 Å². The number of hydrogen-bond donors (Lipinski definition) is 2. The normalized spacial score (nSPS) is 16.9. The fraction of sp³-hybridized carbons (Fsp3) is 0.273. The van der Waals surface area contributed by atoms with Crippen molar-refractivity contribution in [1.82, 2.24) is 4.90 Å². The number of phenolic OH excluding ortho intramolecular Hbond substituents is 1. The third kappa shape index (κ3) is 3.09. The van der Waals surface area contributed by atoms with Crippen LogP contribution in [0.25, 0.3) is 10.8 Å². The summed E-state index contributed by atoms with van der Waals surface area (Å²) in [5.41, 5.74) is 2.58. The van der Waals surface area contributed by atoms with Gasteiger partial charge in [0, 0.05) is 36.3 Å². The van der Waals surface area contributed by atoms with Crippen LogP contribution in [0.15, 0.2) is 48.5 Å². The summed E-state index contributed by atoms with van der Waals surface area (Å²) in [7, 11) is 3.24. The minimum atomic E-state index is -0.684. The summed E-state index contributed by atoms with van der Waals surface area (Å²) in [4.78, 5) is 2.12. The SMILES string of the molecule is COc1ccc(OC)c2c1CN(Cc1c(O)ccc3ccccc13)CC2O. The summed E-state index contributed by atoms with van der Waals surface area (Å²) in [6.07, 6.45) is -0.684. The number of methoxy groups -OCH3 is 2. The van der Waals surface area contributed by atoms with E-state index in [2.05, 4.69) is 4.90 Å². The number of nitrogens with zero attached hydrogens (tertiary/aromatic N) is 1. The van der Waals surface area contributed by atoms with Gasteiger partial charge in [-0.3, -0.25) is 4.90 Å². The number of aliphatic hydroxyl groups is 1. The van der Waals surface area contributed by atoms with Gasteiger partial charge in [-0.2, -0.15) is 0 Å². The number of rotatable bonds is 4. The number of aromatic hydroxyl groups is 1. The van der Waals surface area contributed by atoms with E-state index in [1.165, 1.54) is 0 Å². The average molecular weight is 365 g/mol. The third-order valence-electron chi connectivity index (χ3n) is 5.26. The van der Waals surface area contributed by atoms with Crippen molar-refractivity contribution >= 4 is 10.8 Å². The molecule has 0 amide bonds. The highest BCUT2D eigenvalue weighted by molar-refractivity contribution is 5.87. The standard InChI is InChI=1S/C22H23NO4/c1-26-20-9-10-21(27-2)22-17(20)12-23(13-19(22)25)11-16-15-6-4-3-5-14(15)7-8-18(16)24/h3-10,19,24-25H,11-13H2,1-2H3. The molecule has 5 heteroatoms. The van der Waals surface area contributed by atoms with Gasteiger partial charge in [-0.05, 0) is 29.0 Å². The summed E-state index contributed by atoms with van der Waals surface area (Å²) in [6, 6.07) is 15.4. The fourth-order valence-electron chi connectivity index (χ4n) is 3.98. The number of ether oxygens (including phenoxy) is 2. The topological polar surface area (TPSA) is 62.2 Å². The van der Waals surface area contributed by atoms with Crippen molar-refractivity contribution in [3.63, 3.8) is 0 Å². The first-order valence-electron chi connectivity index (χ1n) is 8.96. The molecule has 1 atom stereocenters. The van der Waals surface area contributed by atoms with Gasteiger partial charge in [0.1, 0.15) is 17.2 Å². The van der Waals surface area contributed by atoms with Crippen molar-refractivity contribution in [2.75, 3.05) is 20.8 Å². The van der Waals surface area contributed by atoms with Crippen molar-refractivity contribution < 1.29 is 19.7 Å². The molecule has 5 nitrogen and oxygen atoms in total. The first-order chi connectivity index (χ1) is 13.1. The van der Waals surface area contributed by atoms with Crippen molar-refractivity contribution in [3.8, 4) is 17.2 Å². The molecule has 0 fully saturated rings. The van der Waals surface area contributed by atoms with Crippen molar-refractivity contribution in [2.45, 2.75) is 19.2 Å². The van der Waals surface area contributed by atoms with Gasteiger partial charge in [0.05, 0.1) is 20.3 Å². The first-order valence-corrected chi connectivity index (χ1v) is 8.96. The Bertz CT molecular complexity index is 985. The van der Waals surface area contributed by atoms with Gasteiger partial charge < -0.3 is 19.7 Å². The molecule has 0 bridgehead atoms. The number of benzene rings is 3. The van der Waals surface area contributed by atoms with E-state index in [1.807, 2.05) is 42.5 Å². The van der Waals surface area contributed by atoms with Crippen molar-refractivity contribution in [2.24, 2.45) is 0 Å². The van der Waals surface area contributed by atoms with Crippen LogP contribution in [0.3, 0.4) is 0 Å². The lowest BCUT2D eigenvalue weighted by molar-refractivity contribution is 0.0841. The minimum absolute atomic E-state index is 0.270. The van der Waals surface area contributed by atoms with Gasteiger partial charge in [0.15, 0.2) is 0 Å². The van der Waals surface area contributed by atoms with Crippen LogP contribution in [0.1, 0.15) is 22.8 Å².